The summed E-state index contributed by atoms with van der Waals surface area (Å²) in [6, 6.07) is 9.06. The van der Waals surface area contributed by atoms with E-state index in [2.05, 4.69) is 47.9 Å². The van der Waals surface area contributed by atoms with Crippen molar-refractivity contribution in [3.63, 3.8) is 0 Å². The summed E-state index contributed by atoms with van der Waals surface area (Å²) >= 11 is 0. The van der Waals surface area contributed by atoms with E-state index in [1.165, 1.54) is 11.1 Å². The number of nitrogens with zero attached hydrogens (tertiary/aromatic N) is 2. The van der Waals surface area contributed by atoms with Gasteiger partial charge in [-0.3, -0.25) is 9.69 Å². The molecule has 1 aliphatic carbocycles. The van der Waals surface area contributed by atoms with Crippen molar-refractivity contribution in [2.45, 2.75) is 38.1 Å². The van der Waals surface area contributed by atoms with Crippen molar-refractivity contribution in [3.05, 3.63) is 35.4 Å². The molecule has 4 heteroatoms. The Labute approximate surface area is 144 Å². The van der Waals surface area contributed by atoms with E-state index in [0.29, 0.717) is 17.9 Å². The number of rotatable bonds is 3. The van der Waals surface area contributed by atoms with Crippen LogP contribution >= 0.6 is 0 Å². The summed E-state index contributed by atoms with van der Waals surface area (Å²) in [7, 11) is 0. The first-order valence-corrected chi connectivity index (χ1v) is 9.28. The van der Waals surface area contributed by atoms with Crippen molar-refractivity contribution < 1.29 is 9.53 Å². The molecule has 2 saturated heterocycles. The summed E-state index contributed by atoms with van der Waals surface area (Å²) in [5, 5.41) is 0. The van der Waals surface area contributed by atoms with E-state index in [9.17, 15) is 4.79 Å². The van der Waals surface area contributed by atoms with Crippen molar-refractivity contribution in [2.24, 2.45) is 5.92 Å². The maximum Gasteiger partial charge on any atom is 0.233 e. The molecule has 4 rings (SSSR count). The van der Waals surface area contributed by atoms with Crippen LogP contribution in [0.25, 0.3) is 0 Å². The molecule has 2 aliphatic heterocycles. The van der Waals surface area contributed by atoms with Gasteiger partial charge in [-0.2, -0.15) is 0 Å². The van der Waals surface area contributed by atoms with Gasteiger partial charge in [0.05, 0.1) is 18.6 Å². The van der Waals surface area contributed by atoms with Gasteiger partial charge in [-0.25, -0.2) is 0 Å². The van der Waals surface area contributed by atoms with E-state index in [1.807, 2.05) is 0 Å². The first-order chi connectivity index (χ1) is 11.6. The minimum Gasteiger partial charge on any atom is -0.379 e. The molecule has 1 aromatic rings. The van der Waals surface area contributed by atoms with Gasteiger partial charge in [0.1, 0.15) is 0 Å². The second-order valence-electron chi connectivity index (χ2n) is 7.85. The maximum absolute atomic E-state index is 13.3. The average Bonchev–Trinajstić information content (AvgIpc) is 3.32. The Bertz CT molecular complexity index is 603. The minimum absolute atomic E-state index is 0.229. The minimum atomic E-state index is -0.229. The van der Waals surface area contributed by atoms with Crippen molar-refractivity contribution in [2.75, 3.05) is 39.4 Å². The summed E-state index contributed by atoms with van der Waals surface area (Å²) in [5.74, 6) is 0.898. The lowest BCUT2D eigenvalue weighted by Crippen LogP contribution is -2.47. The molecule has 0 N–H and O–H groups in total. The number of benzene rings is 1. The van der Waals surface area contributed by atoms with Crippen LogP contribution in [0.2, 0.25) is 0 Å². The number of morpholine rings is 1. The van der Waals surface area contributed by atoms with Gasteiger partial charge in [0, 0.05) is 32.2 Å². The Morgan fingerprint density at radius 2 is 1.79 bits per heavy atom. The highest BCUT2D eigenvalue weighted by molar-refractivity contribution is 5.91. The highest BCUT2D eigenvalue weighted by Crippen LogP contribution is 2.50. The first-order valence-electron chi connectivity index (χ1n) is 9.28. The normalized spacial score (nSPS) is 29.7. The van der Waals surface area contributed by atoms with Gasteiger partial charge in [0.25, 0.3) is 0 Å². The topological polar surface area (TPSA) is 32.8 Å². The third kappa shape index (κ3) is 2.76. The van der Waals surface area contributed by atoms with E-state index in [1.54, 1.807) is 0 Å². The summed E-state index contributed by atoms with van der Waals surface area (Å²) in [6.07, 6.45) is 2.00. The number of hydrogen-bond acceptors (Lipinski definition) is 3. The van der Waals surface area contributed by atoms with Gasteiger partial charge in [-0.1, -0.05) is 36.8 Å². The van der Waals surface area contributed by atoms with Gasteiger partial charge in [-0.15, -0.1) is 0 Å². The van der Waals surface area contributed by atoms with Crippen LogP contribution < -0.4 is 0 Å². The lowest BCUT2D eigenvalue weighted by molar-refractivity contribution is -0.133. The Hall–Kier alpha value is -1.39. The number of ether oxygens (including phenoxy) is 1. The zero-order chi connectivity index (χ0) is 16.7. The van der Waals surface area contributed by atoms with E-state index < -0.39 is 0 Å². The van der Waals surface area contributed by atoms with Gasteiger partial charge in [0.15, 0.2) is 0 Å². The van der Waals surface area contributed by atoms with E-state index in [-0.39, 0.29) is 5.41 Å². The third-order valence-corrected chi connectivity index (χ3v) is 6.14. The van der Waals surface area contributed by atoms with E-state index >= 15 is 0 Å². The number of amides is 1. The van der Waals surface area contributed by atoms with Crippen LogP contribution in [-0.4, -0.2) is 61.1 Å². The van der Waals surface area contributed by atoms with Crippen LogP contribution in [0.1, 0.15) is 30.9 Å². The number of aryl methyl sites for hydroxylation is 1. The van der Waals surface area contributed by atoms with Gasteiger partial charge in [0.2, 0.25) is 5.91 Å². The van der Waals surface area contributed by atoms with Crippen molar-refractivity contribution in [3.8, 4) is 0 Å². The fourth-order valence-corrected chi connectivity index (χ4v) is 4.43. The molecule has 24 heavy (non-hydrogen) atoms. The molecule has 1 amide bonds. The van der Waals surface area contributed by atoms with Crippen molar-refractivity contribution >= 4 is 5.91 Å². The van der Waals surface area contributed by atoms with Gasteiger partial charge in [-0.05, 0) is 31.2 Å². The first kappa shape index (κ1) is 16.1. The molecule has 0 spiro atoms. The number of hydrogen-bond donors (Lipinski definition) is 0. The number of carbonyl (C=O) groups excluding carboxylic acids is 1. The zero-order valence-electron chi connectivity index (χ0n) is 14.8. The standard InChI is InChI=1S/C20H28N2O2/c1-15-3-5-17(6-4-15)20(7-8-20)19(23)22-13-16(2)18(14-22)21-9-11-24-12-10-21/h3-6,16,18H,7-14H2,1-2H3. The molecular weight excluding hydrogens is 300 g/mol. The smallest absolute Gasteiger partial charge is 0.233 e. The lowest BCUT2D eigenvalue weighted by atomic mass is 9.93. The molecule has 2 atom stereocenters. The zero-order valence-corrected chi connectivity index (χ0v) is 14.8. The average molecular weight is 328 g/mol. The largest absolute Gasteiger partial charge is 0.379 e. The van der Waals surface area contributed by atoms with Crippen LogP contribution in [0.15, 0.2) is 24.3 Å². The Morgan fingerprint density at radius 1 is 1.12 bits per heavy atom. The van der Waals surface area contributed by atoms with Crippen LogP contribution in [-0.2, 0) is 14.9 Å². The lowest BCUT2D eigenvalue weighted by Gasteiger charge is -2.34. The Morgan fingerprint density at radius 3 is 2.42 bits per heavy atom. The predicted molar refractivity (Wildman–Crippen MR) is 94.0 cm³/mol. The van der Waals surface area contributed by atoms with Gasteiger partial charge >= 0.3 is 0 Å². The SMILES string of the molecule is Cc1ccc(C2(C(=O)N3CC(C)C(N4CCOCC4)C3)CC2)cc1. The molecule has 0 bridgehead atoms. The maximum atomic E-state index is 13.3. The second kappa shape index (κ2) is 6.16. The third-order valence-electron chi connectivity index (χ3n) is 6.14. The van der Waals surface area contributed by atoms with Crippen molar-refractivity contribution in [1.29, 1.82) is 0 Å². The summed E-state index contributed by atoms with van der Waals surface area (Å²) in [4.78, 5) is 17.9. The van der Waals surface area contributed by atoms with Crippen LogP contribution in [0.4, 0.5) is 0 Å². The summed E-state index contributed by atoms with van der Waals surface area (Å²) in [6.45, 7) is 9.82. The molecule has 1 saturated carbocycles. The molecule has 1 aromatic carbocycles. The molecule has 2 unspecified atom stereocenters. The molecule has 3 fully saturated rings. The van der Waals surface area contributed by atoms with Gasteiger partial charge < -0.3 is 9.64 Å². The number of carbonyl (C=O) groups is 1. The summed E-state index contributed by atoms with van der Waals surface area (Å²) < 4.78 is 5.48. The van der Waals surface area contributed by atoms with E-state index in [0.717, 1.165) is 52.2 Å². The van der Waals surface area contributed by atoms with Crippen LogP contribution in [0.3, 0.4) is 0 Å². The predicted octanol–water partition coefficient (Wildman–Crippen LogP) is 2.21. The second-order valence-corrected chi connectivity index (χ2v) is 7.85. The molecule has 2 heterocycles. The molecule has 0 aromatic heterocycles. The van der Waals surface area contributed by atoms with E-state index in [4.69, 9.17) is 4.74 Å². The Balaban J connectivity index is 1.48. The molecule has 3 aliphatic rings. The van der Waals surface area contributed by atoms with Crippen LogP contribution in [0, 0.1) is 12.8 Å². The fraction of sp³-hybridized carbons (Fsp3) is 0.650. The van der Waals surface area contributed by atoms with Crippen LogP contribution in [0.5, 0.6) is 0 Å². The molecule has 4 nitrogen and oxygen atoms in total. The molecular formula is C20H28N2O2. The Kier molecular flexibility index (Phi) is 4.13. The number of likely N-dealkylation sites (tertiary alicyclic amines) is 1. The molecule has 0 radical (unpaired) electrons. The highest BCUT2D eigenvalue weighted by Gasteiger charge is 2.54. The highest BCUT2D eigenvalue weighted by atomic mass is 16.5. The molecule has 130 valence electrons. The summed E-state index contributed by atoms with van der Waals surface area (Å²) in [5.41, 5.74) is 2.23. The quantitative estimate of drug-likeness (QED) is 0.853. The fourth-order valence-electron chi connectivity index (χ4n) is 4.43. The monoisotopic (exact) mass is 328 g/mol. The van der Waals surface area contributed by atoms with Crippen molar-refractivity contribution in [1.82, 2.24) is 9.80 Å².